The van der Waals surface area contributed by atoms with Crippen LogP contribution < -0.4 is 0 Å². The fraction of sp³-hybridized carbons (Fsp3) is 0.462. The predicted molar refractivity (Wildman–Crippen MR) is 75.4 cm³/mol. The molecular weight excluding hydrogens is 305 g/mol. The number of nitro groups is 1. The molecule has 0 heterocycles. The molecule has 0 N–H and O–H groups in total. The molecule has 0 spiro atoms. The Labute approximate surface area is 126 Å². The van der Waals surface area contributed by atoms with E-state index in [4.69, 9.17) is 27.9 Å². The lowest BCUT2D eigenvalue weighted by Crippen LogP contribution is -2.15. The minimum atomic E-state index is -0.681. The van der Waals surface area contributed by atoms with Crippen LogP contribution in [-0.2, 0) is 4.74 Å². The summed E-state index contributed by atoms with van der Waals surface area (Å²) in [6, 6.07) is 2.19. The maximum atomic E-state index is 11.9. The third-order valence-corrected chi connectivity index (χ3v) is 4.23. The Kier molecular flexibility index (Phi) is 4.83. The first kappa shape index (κ1) is 15.1. The van der Waals surface area contributed by atoms with E-state index in [1.165, 1.54) is 19.3 Å². The first-order chi connectivity index (χ1) is 9.49. The summed E-state index contributed by atoms with van der Waals surface area (Å²) in [6.07, 6.45) is 4.37. The molecule has 0 bridgehead atoms. The number of nitro benzene ring substituents is 1. The van der Waals surface area contributed by atoms with Gasteiger partial charge in [0.05, 0.1) is 27.1 Å². The van der Waals surface area contributed by atoms with Crippen molar-refractivity contribution in [1.29, 1.82) is 0 Å². The van der Waals surface area contributed by atoms with E-state index in [-0.39, 0.29) is 21.3 Å². The van der Waals surface area contributed by atoms with Gasteiger partial charge >= 0.3 is 5.97 Å². The number of non-ortho nitro benzene ring substituents is 1. The van der Waals surface area contributed by atoms with Gasteiger partial charge in [-0.15, -0.1) is 0 Å². The predicted octanol–water partition coefficient (Wildman–Crippen LogP) is 4.25. The number of halogens is 2. The van der Waals surface area contributed by atoms with E-state index in [1.54, 1.807) is 0 Å². The van der Waals surface area contributed by atoms with Crippen LogP contribution in [-0.4, -0.2) is 17.5 Å². The smallest absolute Gasteiger partial charge is 0.339 e. The van der Waals surface area contributed by atoms with Crippen molar-refractivity contribution in [3.63, 3.8) is 0 Å². The van der Waals surface area contributed by atoms with Crippen molar-refractivity contribution >= 4 is 34.9 Å². The normalized spacial score (nSPS) is 14.7. The van der Waals surface area contributed by atoms with Gasteiger partial charge in [-0.05, 0) is 12.3 Å². The van der Waals surface area contributed by atoms with Crippen molar-refractivity contribution in [3.8, 4) is 0 Å². The van der Waals surface area contributed by atoms with Crippen molar-refractivity contribution in [3.05, 3.63) is 37.9 Å². The van der Waals surface area contributed by atoms with Crippen LogP contribution in [0.4, 0.5) is 5.69 Å². The Hall–Kier alpha value is -1.33. The molecule has 20 heavy (non-hydrogen) atoms. The topological polar surface area (TPSA) is 69.4 Å². The number of benzene rings is 1. The summed E-state index contributed by atoms with van der Waals surface area (Å²) in [5.74, 6) is -0.0631. The number of rotatable bonds is 5. The zero-order chi connectivity index (χ0) is 14.7. The number of carbonyl (C=O) groups is 1. The molecule has 0 atom stereocenters. The monoisotopic (exact) mass is 317 g/mol. The molecule has 0 aromatic heterocycles. The zero-order valence-corrected chi connectivity index (χ0v) is 12.1. The molecule has 0 unspecified atom stereocenters. The molecule has 0 radical (unpaired) electrons. The maximum Gasteiger partial charge on any atom is 0.339 e. The number of carbonyl (C=O) groups excluding carboxylic acids is 1. The molecule has 1 fully saturated rings. The van der Waals surface area contributed by atoms with Gasteiger partial charge in [-0.2, -0.15) is 0 Å². The fourth-order valence-electron chi connectivity index (χ4n) is 2.01. The molecule has 0 amide bonds. The SMILES string of the molecule is O=C(OCCC1CCC1)c1cc([N+](=O)[O-])cc(Cl)c1Cl. The maximum absolute atomic E-state index is 11.9. The minimum absolute atomic E-state index is 0.0223. The summed E-state index contributed by atoms with van der Waals surface area (Å²) < 4.78 is 5.10. The number of hydrogen-bond donors (Lipinski definition) is 0. The summed E-state index contributed by atoms with van der Waals surface area (Å²) >= 11 is 11.7. The van der Waals surface area contributed by atoms with Gasteiger partial charge in [0.2, 0.25) is 0 Å². The third kappa shape index (κ3) is 3.41. The van der Waals surface area contributed by atoms with Crippen LogP contribution in [0.5, 0.6) is 0 Å². The summed E-state index contributed by atoms with van der Waals surface area (Å²) in [5, 5.41) is 10.7. The lowest BCUT2D eigenvalue weighted by Gasteiger charge is -2.24. The van der Waals surface area contributed by atoms with Crippen LogP contribution in [0, 0.1) is 16.0 Å². The van der Waals surface area contributed by atoms with E-state index in [0.29, 0.717) is 12.5 Å². The Morgan fingerprint density at radius 1 is 1.40 bits per heavy atom. The zero-order valence-electron chi connectivity index (χ0n) is 10.6. The van der Waals surface area contributed by atoms with E-state index in [1.807, 2.05) is 0 Å². The molecule has 5 nitrogen and oxygen atoms in total. The molecule has 1 aliphatic rings. The summed E-state index contributed by atoms with van der Waals surface area (Å²) in [4.78, 5) is 22.0. The molecule has 0 saturated heterocycles. The summed E-state index contributed by atoms with van der Waals surface area (Å²) in [6.45, 7) is 0.292. The van der Waals surface area contributed by atoms with Crippen molar-refractivity contribution in [1.82, 2.24) is 0 Å². The lowest BCUT2D eigenvalue weighted by atomic mass is 9.83. The van der Waals surface area contributed by atoms with Gasteiger partial charge < -0.3 is 4.74 Å². The van der Waals surface area contributed by atoms with Crippen LogP contribution in [0.1, 0.15) is 36.0 Å². The lowest BCUT2D eigenvalue weighted by molar-refractivity contribution is -0.384. The van der Waals surface area contributed by atoms with E-state index in [2.05, 4.69) is 0 Å². The van der Waals surface area contributed by atoms with Crippen LogP contribution >= 0.6 is 23.2 Å². The molecule has 108 valence electrons. The summed E-state index contributed by atoms with van der Waals surface area (Å²) in [5.41, 5.74) is -0.357. The summed E-state index contributed by atoms with van der Waals surface area (Å²) in [7, 11) is 0. The molecule has 1 aliphatic carbocycles. The third-order valence-electron chi connectivity index (χ3n) is 3.43. The fourth-order valence-corrected chi connectivity index (χ4v) is 2.41. The Morgan fingerprint density at radius 3 is 2.65 bits per heavy atom. The van der Waals surface area contributed by atoms with Crippen LogP contribution in [0.25, 0.3) is 0 Å². The average Bonchev–Trinajstić information content (AvgIpc) is 2.34. The van der Waals surface area contributed by atoms with Gasteiger partial charge in [0.1, 0.15) is 0 Å². The second-order valence-corrected chi connectivity index (χ2v) is 5.55. The van der Waals surface area contributed by atoms with Crippen molar-refractivity contribution in [2.24, 2.45) is 5.92 Å². The van der Waals surface area contributed by atoms with Crippen LogP contribution in [0.15, 0.2) is 12.1 Å². The minimum Gasteiger partial charge on any atom is -0.462 e. The number of esters is 1. The van der Waals surface area contributed by atoms with Gasteiger partial charge in [0.25, 0.3) is 5.69 Å². The van der Waals surface area contributed by atoms with Crippen LogP contribution in [0.2, 0.25) is 10.0 Å². The second-order valence-electron chi connectivity index (χ2n) is 4.77. The molecule has 1 saturated carbocycles. The first-order valence-electron chi connectivity index (χ1n) is 6.29. The highest BCUT2D eigenvalue weighted by Crippen LogP contribution is 2.32. The van der Waals surface area contributed by atoms with E-state index < -0.39 is 10.9 Å². The Morgan fingerprint density at radius 2 is 2.10 bits per heavy atom. The largest absolute Gasteiger partial charge is 0.462 e. The molecule has 1 aromatic carbocycles. The van der Waals surface area contributed by atoms with Crippen LogP contribution in [0.3, 0.4) is 0 Å². The molecule has 0 aliphatic heterocycles. The van der Waals surface area contributed by atoms with Crippen molar-refractivity contribution in [2.75, 3.05) is 6.61 Å². The highest BCUT2D eigenvalue weighted by atomic mass is 35.5. The van der Waals surface area contributed by atoms with Gasteiger partial charge in [-0.25, -0.2) is 4.79 Å². The number of ether oxygens (including phenoxy) is 1. The highest BCUT2D eigenvalue weighted by molar-refractivity contribution is 6.43. The standard InChI is InChI=1S/C13H13Cl2NO4/c14-11-7-9(16(18)19)6-10(12(11)15)13(17)20-5-4-8-2-1-3-8/h6-8H,1-5H2. The quantitative estimate of drug-likeness (QED) is 0.462. The average molecular weight is 318 g/mol. The van der Waals surface area contributed by atoms with Gasteiger partial charge in [0.15, 0.2) is 0 Å². The second kappa shape index (κ2) is 6.41. The first-order valence-corrected chi connectivity index (χ1v) is 7.05. The van der Waals surface area contributed by atoms with Gasteiger partial charge in [-0.3, -0.25) is 10.1 Å². The van der Waals surface area contributed by atoms with E-state index in [0.717, 1.165) is 18.6 Å². The van der Waals surface area contributed by atoms with E-state index in [9.17, 15) is 14.9 Å². The number of hydrogen-bond acceptors (Lipinski definition) is 4. The highest BCUT2D eigenvalue weighted by Gasteiger charge is 2.22. The molecule has 2 rings (SSSR count). The van der Waals surface area contributed by atoms with Gasteiger partial charge in [-0.1, -0.05) is 42.5 Å². The van der Waals surface area contributed by atoms with Crippen molar-refractivity contribution in [2.45, 2.75) is 25.7 Å². The van der Waals surface area contributed by atoms with Crippen molar-refractivity contribution < 1.29 is 14.5 Å². The Balaban J connectivity index is 2.05. The molecule has 7 heteroatoms. The number of nitrogens with zero attached hydrogens (tertiary/aromatic N) is 1. The Bertz CT molecular complexity index is 543. The van der Waals surface area contributed by atoms with Gasteiger partial charge in [0, 0.05) is 12.1 Å². The van der Waals surface area contributed by atoms with E-state index >= 15 is 0 Å². The molecule has 1 aromatic rings. The molecular formula is C13H13Cl2NO4.